The lowest BCUT2D eigenvalue weighted by Crippen LogP contribution is -2.30. The first-order chi connectivity index (χ1) is 46.9. The fourth-order valence-electron chi connectivity index (χ4n) is 11.1. The van der Waals surface area contributed by atoms with Gasteiger partial charge in [0.2, 0.25) is 0 Å². The molecular weight excluding hydrogens is 1230 g/mol. The molecule has 2 heterocycles. The second-order valence-corrected chi connectivity index (χ2v) is 31.9. The van der Waals surface area contributed by atoms with Gasteiger partial charge in [-0.2, -0.15) is 0 Å². The number of esters is 2. The van der Waals surface area contributed by atoms with Crippen LogP contribution in [0.5, 0.6) is 0 Å². The van der Waals surface area contributed by atoms with Crippen LogP contribution >= 0.6 is 0 Å². The van der Waals surface area contributed by atoms with E-state index in [1.54, 1.807) is 54.7 Å². The summed E-state index contributed by atoms with van der Waals surface area (Å²) in [6.07, 6.45) is 64.5. The number of cyclic esters (lactones) is 2. The van der Waals surface area contributed by atoms with Gasteiger partial charge in [-0.3, -0.25) is 38.4 Å². The van der Waals surface area contributed by atoms with Crippen LogP contribution in [0.2, 0.25) is 25.2 Å². The van der Waals surface area contributed by atoms with Crippen molar-refractivity contribution in [1.82, 2.24) is 0 Å². The third-order valence-electron chi connectivity index (χ3n) is 16.9. The quantitative estimate of drug-likeness (QED) is 0.175. The smallest absolute Gasteiger partial charge is 0.330 e. The van der Waals surface area contributed by atoms with E-state index < -0.39 is 8.07 Å². The zero-order chi connectivity index (χ0) is 70.1. The highest BCUT2D eigenvalue weighted by atomic mass is 28.3. The summed E-state index contributed by atoms with van der Waals surface area (Å²) in [5.74, 6) is 2.56. The van der Waals surface area contributed by atoms with Crippen LogP contribution in [0, 0.1) is 5.92 Å². The minimum atomic E-state index is -1.07. The average molecular weight is 1340 g/mol. The summed E-state index contributed by atoms with van der Waals surface area (Å²) in [6, 6.07) is 25.6. The van der Waals surface area contributed by atoms with Gasteiger partial charge in [0.05, 0.1) is 6.61 Å². The Balaban J connectivity index is 0.000000231. The number of carbonyl (C=O) groups is 10. The molecule has 0 N–H and O–H groups in total. The third-order valence-corrected chi connectivity index (χ3v) is 19.8. The Morgan fingerprint density at radius 2 is 0.825 bits per heavy atom. The molecule has 518 valence electrons. The van der Waals surface area contributed by atoms with Crippen molar-refractivity contribution in [3.8, 4) is 0 Å². The van der Waals surface area contributed by atoms with Crippen molar-refractivity contribution >= 4 is 72.4 Å². The van der Waals surface area contributed by atoms with Crippen molar-refractivity contribution in [3.05, 3.63) is 222 Å². The SMILES string of the molecule is CC1CC=CC(=O)C1.C[Si](C)(C)C1CC=CC(=O)C1.O=C1/C=C\CCCCC1.O=C1/C=C\CCCCCCCCCC1.O=C1C=CCC(c2ccccc2)C1.O=C1C=CCCCC1.O=C1C=CCCO1.O=C1C=CCO1.O=C1C=CCc2ccccc21.O=C1C=Cc2ccccc21. The van der Waals surface area contributed by atoms with E-state index in [2.05, 4.69) is 54.2 Å². The maximum Gasteiger partial charge on any atom is 0.330 e. The molecule has 0 bridgehead atoms. The molecule has 0 saturated heterocycles. The van der Waals surface area contributed by atoms with Gasteiger partial charge in [-0.15, -0.1) is 0 Å². The van der Waals surface area contributed by atoms with Crippen LogP contribution in [-0.2, 0) is 54.3 Å². The van der Waals surface area contributed by atoms with Crippen molar-refractivity contribution < 1.29 is 57.4 Å². The van der Waals surface area contributed by atoms with Gasteiger partial charge in [0, 0.05) is 76.3 Å². The van der Waals surface area contributed by atoms with E-state index in [1.165, 1.54) is 81.9 Å². The molecule has 3 aromatic rings. The molecular formula is C84H106O12Si. The zero-order valence-corrected chi connectivity index (χ0v) is 59.2. The van der Waals surface area contributed by atoms with Crippen LogP contribution in [-0.4, -0.2) is 79.5 Å². The van der Waals surface area contributed by atoms with Gasteiger partial charge in [-0.25, -0.2) is 9.59 Å². The summed E-state index contributed by atoms with van der Waals surface area (Å²) >= 11 is 0. The molecule has 3 unspecified atom stereocenters. The summed E-state index contributed by atoms with van der Waals surface area (Å²) in [6.45, 7) is 10.1. The molecule has 0 amide bonds. The van der Waals surface area contributed by atoms with Crippen molar-refractivity contribution in [2.45, 2.75) is 211 Å². The summed E-state index contributed by atoms with van der Waals surface area (Å²) in [5, 5.41) is 0. The van der Waals surface area contributed by atoms with E-state index in [1.807, 2.05) is 115 Å². The molecule has 0 fully saturated rings. The standard InChI is InChI=1S/C13H22O.C12H12O.C10H8O.C9H16OSi.C9H6O.C8H12O.2C7H10O.C5H6O2.C4H4O2/c14-13-11-9-7-5-3-1-2-4-6-8-10-12-13;13-12-8-4-7-11(9-12)10-5-2-1-3-6-10;11-10-7-3-5-8-4-1-2-6-9(8)10;1-11(2,3)9-6-4-5-8(10)7-9;10-9-6-5-7-3-1-2-4-8(7)9;9-8-6-4-2-1-3-5-7-8;1-6-3-2-4-7(8)5-6;8-7-5-3-1-2-4-6-7;6-5-3-1-2-4-7-5;5-4-2-1-3-6-4/h9,11H,1-8,10,12H2;1-6,8,11H,7,9H2;1-4,6-7H,5H2;4-5,9H,6-7H2,1-3H3;1-6H;4,6H,1-3,5,7H2;2,4,6H,3,5H2,1H3;3,5H,1-2,4,6H2;1,3H,2,4H2;1-2H,3H2/b11-9-;;;;;6-4-;;;;. The van der Waals surface area contributed by atoms with Gasteiger partial charge in [0.15, 0.2) is 46.3 Å². The highest BCUT2D eigenvalue weighted by Gasteiger charge is 2.29. The Kier molecular flexibility index (Phi) is 41.0. The Bertz CT molecular complexity index is 3300. The van der Waals surface area contributed by atoms with Crippen molar-refractivity contribution in [2.24, 2.45) is 5.92 Å². The van der Waals surface area contributed by atoms with Gasteiger partial charge in [-0.05, 0) is 172 Å². The molecule has 0 spiro atoms. The van der Waals surface area contributed by atoms with E-state index in [4.69, 9.17) is 0 Å². The highest BCUT2D eigenvalue weighted by molar-refractivity contribution is 6.77. The first-order valence-corrected chi connectivity index (χ1v) is 38.9. The van der Waals surface area contributed by atoms with Gasteiger partial charge >= 0.3 is 11.9 Å². The highest BCUT2D eigenvalue weighted by Crippen LogP contribution is 2.32. The monoisotopic (exact) mass is 1330 g/mol. The maximum absolute atomic E-state index is 11.3. The number of rotatable bonds is 2. The number of carbonyl (C=O) groups excluding carboxylic acids is 10. The lowest BCUT2D eigenvalue weighted by atomic mass is 9.87. The molecule has 0 saturated carbocycles. The first kappa shape index (κ1) is 81.0. The summed E-state index contributed by atoms with van der Waals surface area (Å²) in [4.78, 5) is 108. The lowest BCUT2D eigenvalue weighted by Gasteiger charge is -2.28. The molecule has 97 heavy (non-hydrogen) atoms. The molecule has 8 aliphatic carbocycles. The molecule has 2 aliphatic heterocycles. The van der Waals surface area contributed by atoms with Crippen LogP contribution in [0.1, 0.15) is 217 Å². The van der Waals surface area contributed by atoms with Crippen LogP contribution in [0.4, 0.5) is 0 Å². The third kappa shape index (κ3) is 38.2. The van der Waals surface area contributed by atoms with E-state index in [0.717, 1.165) is 125 Å². The molecule has 0 radical (unpaired) electrons. The Hall–Kier alpha value is -8.42. The Morgan fingerprint density at radius 1 is 0.361 bits per heavy atom. The minimum Gasteiger partial charge on any atom is -0.462 e. The number of hydrogen-bond acceptors (Lipinski definition) is 12. The number of fused-ring (bicyclic) bond motifs is 2. The van der Waals surface area contributed by atoms with Crippen LogP contribution in [0.25, 0.3) is 6.08 Å². The summed E-state index contributed by atoms with van der Waals surface area (Å²) < 4.78 is 8.95. The minimum absolute atomic E-state index is 0.121. The zero-order valence-electron chi connectivity index (χ0n) is 58.2. The molecule has 3 atom stereocenters. The van der Waals surface area contributed by atoms with Crippen LogP contribution in [0.15, 0.2) is 194 Å². The molecule has 12 nitrogen and oxygen atoms in total. The number of ether oxygens (including phenoxy) is 2. The maximum atomic E-state index is 11.3. The van der Waals surface area contributed by atoms with Crippen molar-refractivity contribution in [2.75, 3.05) is 13.2 Å². The lowest BCUT2D eigenvalue weighted by molar-refractivity contribution is -0.138. The van der Waals surface area contributed by atoms with Crippen LogP contribution < -0.4 is 0 Å². The van der Waals surface area contributed by atoms with Gasteiger partial charge in [0.1, 0.15) is 6.61 Å². The largest absolute Gasteiger partial charge is 0.462 e. The predicted octanol–water partition coefficient (Wildman–Crippen LogP) is 19.1. The second-order valence-electron chi connectivity index (χ2n) is 26.3. The van der Waals surface area contributed by atoms with Gasteiger partial charge in [-0.1, -0.05) is 205 Å². The van der Waals surface area contributed by atoms with E-state index in [-0.39, 0.29) is 35.1 Å². The molecule has 3 aromatic carbocycles. The predicted molar refractivity (Wildman–Crippen MR) is 394 cm³/mol. The molecule has 13 rings (SSSR count). The Morgan fingerprint density at radius 3 is 1.30 bits per heavy atom. The molecule has 13 heteroatoms. The fraction of sp³-hybridized carbons (Fsp3) is 0.429. The fourth-order valence-corrected chi connectivity index (χ4v) is 12.8. The van der Waals surface area contributed by atoms with Crippen molar-refractivity contribution in [3.63, 3.8) is 0 Å². The summed E-state index contributed by atoms with van der Waals surface area (Å²) in [5.41, 5.74) is 5.81. The number of allylic oxidation sites excluding steroid dienone is 15. The summed E-state index contributed by atoms with van der Waals surface area (Å²) in [7, 11) is -1.07. The van der Waals surface area contributed by atoms with Crippen LogP contribution in [0.3, 0.4) is 0 Å². The number of benzene rings is 3. The van der Waals surface area contributed by atoms with Crippen molar-refractivity contribution in [1.29, 1.82) is 0 Å². The normalized spacial score (nSPS) is 21.3. The Labute approximate surface area is 579 Å². The van der Waals surface area contributed by atoms with Gasteiger partial charge in [0.25, 0.3) is 0 Å². The molecule has 10 aliphatic rings. The second kappa shape index (κ2) is 49.1. The first-order valence-electron chi connectivity index (χ1n) is 35.4. The average Bonchev–Trinajstić information content (AvgIpc) is 1.90. The van der Waals surface area contributed by atoms with E-state index >= 15 is 0 Å². The topological polar surface area (TPSA) is 189 Å². The number of ketones is 8. The van der Waals surface area contributed by atoms with E-state index in [9.17, 15) is 47.9 Å². The van der Waals surface area contributed by atoms with E-state index in [0.29, 0.717) is 60.1 Å². The van der Waals surface area contributed by atoms with Gasteiger partial charge < -0.3 is 9.47 Å². The number of hydrogen-bond donors (Lipinski definition) is 0. The molecule has 0 aromatic heterocycles.